The van der Waals surface area contributed by atoms with Crippen molar-refractivity contribution >= 4 is 51.8 Å². The summed E-state index contributed by atoms with van der Waals surface area (Å²) < 4.78 is 28.0. The van der Waals surface area contributed by atoms with Gasteiger partial charge >= 0.3 is 17.5 Å². The number of aryl methyl sites for hydroxylation is 2. The average Bonchev–Trinajstić information content (AvgIpc) is 3.67. The molecule has 2 unspecified atom stereocenters. The summed E-state index contributed by atoms with van der Waals surface area (Å²) in [6.07, 6.45) is 2.15. The zero-order valence-corrected chi connectivity index (χ0v) is 37.9. The quantitative estimate of drug-likeness (QED) is 0.107. The lowest BCUT2D eigenvalue weighted by Gasteiger charge is -2.24. The van der Waals surface area contributed by atoms with Gasteiger partial charge in [0.2, 0.25) is 23.6 Å². The van der Waals surface area contributed by atoms with E-state index in [1.807, 2.05) is 40.0 Å². The Morgan fingerprint density at radius 1 is 0.797 bits per heavy atom. The molecule has 18 heteroatoms. The molecule has 6 rings (SSSR count). The number of carbonyl (C=O) groups is 5. The van der Waals surface area contributed by atoms with E-state index < -0.39 is 29.5 Å². The van der Waals surface area contributed by atoms with Crippen LogP contribution < -0.4 is 27.3 Å². The molecule has 0 bridgehead atoms. The molecule has 64 heavy (non-hydrogen) atoms. The Kier molecular flexibility index (Phi) is 17.3. The molecule has 18 nitrogen and oxygen atoms in total. The Morgan fingerprint density at radius 3 is 1.67 bits per heavy atom. The van der Waals surface area contributed by atoms with Crippen LogP contribution in [0.2, 0.25) is 0 Å². The van der Waals surface area contributed by atoms with Crippen LogP contribution in [-0.4, -0.2) is 112 Å². The van der Waals surface area contributed by atoms with E-state index in [0.717, 1.165) is 13.0 Å². The minimum atomic E-state index is -0.741. The van der Waals surface area contributed by atoms with Crippen LogP contribution >= 0.6 is 0 Å². The molecule has 4 heterocycles. The number of nitrogens with zero attached hydrogens (tertiary/aromatic N) is 5. The Morgan fingerprint density at radius 2 is 1.25 bits per heavy atom. The Bertz CT molecular complexity index is 2610. The maximum absolute atomic E-state index is 12.9. The lowest BCUT2D eigenvalue weighted by atomic mass is 10.1. The first kappa shape index (κ1) is 48.6. The molecule has 2 atom stereocenters. The van der Waals surface area contributed by atoms with Gasteiger partial charge in [0, 0.05) is 55.1 Å². The first-order chi connectivity index (χ1) is 31.0. The summed E-state index contributed by atoms with van der Waals surface area (Å²) in [4.78, 5) is 86.8. The molecular weight excluding hydrogens is 825 g/mol. The fourth-order valence-electron chi connectivity index (χ4n) is 7.23. The van der Waals surface area contributed by atoms with Crippen LogP contribution in [0.4, 0.5) is 4.79 Å². The second kappa shape index (κ2) is 22.8. The van der Waals surface area contributed by atoms with E-state index in [-0.39, 0.29) is 55.2 Å². The van der Waals surface area contributed by atoms with Gasteiger partial charge in [0.15, 0.2) is 0 Å². The summed E-state index contributed by atoms with van der Waals surface area (Å²) in [5, 5.41) is 7.67. The number of rotatable bonds is 12. The summed E-state index contributed by atoms with van der Waals surface area (Å²) in [5.74, 6) is 10.5. The smallest absolute Gasteiger partial charge is 0.410 e. The Balaban J connectivity index is 0.000000280. The second-order valence-corrected chi connectivity index (χ2v) is 16.1. The van der Waals surface area contributed by atoms with Crippen LogP contribution in [0.3, 0.4) is 0 Å². The van der Waals surface area contributed by atoms with Gasteiger partial charge in [-0.25, -0.2) is 14.4 Å². The summed E-state index contributed by atoms with van der Waals surface area (Å²) in [7, 11) is 8.12. The van der Waals surface area contributed by atoms with Crippen LogP contribution in [0.15, 0.2) is 46.0 Å². The van der Waals surface area contributed by atoms with Crippen molar-refractivity contribution in [1.29, 1.82) is 0 Å². The maximum atomic E-state index is 12.9. The lowest BCUT2D eigenvalue weighted by Crippen LogP contribution is -2.44. The largest absolute Gasteiger partial charge is 0.444 e. The molecule has 2 saturated heterocycles. The number of aromatic nitrogens is 4. The summed E-state index contributed by atoms with van der Waals surface area (Å²) in [6, 6.07) is 9.35. The van der Waals surface area contributed by atoms with Crippen molar-refractivity contribution in [3.63, 3.8) is 0 Å². The Hall–Kier alpha value is -6.47. The molecule has 4 aromatic rings. The third kappa shape index (κ3) is 12.4. The van der Waals surface area contributed by atoms with Gasteiger partial charge in [0.1, 0.15) is 30.9 Å². The zero-order valence-electron chi connectivity index (χ0n) is 38.9. The molecule has 2 aliphatic rings. The van der Waals surface area contributed by atoms with Crippen LogP contribution in [0, 0.1) is 23.7 Å². The number of piperidine rings is 2. The third-order valence-electron chi connectivity index (χ3n) is 10.2. The van der Waals surface area contributed by atoms with E-state index in [4.69, 9.17) is 15.6 Å². The van der Waals surface area contributed by atoms with Gasteiger partial charge in [0.05, 0.1) is 33.2 Å². The molecule has 2 aliphatic heterocycles. The van der Waals surface area contributed by atoms with Gasteiger partial charge in [-0.3, -0.25) is 48.1 Å². The highest BCUT2D eigenvalue weighted by Crippen LogP contribution is 2.26. The normalized spacial score (nSPS) is 16.2. The highest BCUT2D eigenvalue weighted by molar-refractivity contribution is 6.01. The van der Waals surface area contributed by atoms with Crippen LogP contribution in [-0.2, 0) is 47.5 Å². The van der Waals surface area contributed by atoms with Gasteiger partial charge in [-0.1, -0.05) is 43.2 Å². The molecule has 2 aromatic heterocycles. The number of hydrogen-bond acceptors (Lipinski definition) is 11. The number of fused-ring (bicyclic) bond motifs is 2. The summed E-state index contributed by atoms with van der Waals surface area (Å²) in [6.45, 7) is 8.41. The molecule has 0 saturated carbocycles. The van der Waals surface area contributed by atoms with E-state index >= 15 is 0 Å². The van der Waals surface area contributed by atoms with Gasteiger partial charge in [-0.15, -0.1) is 0 Å². The molecule has 3 N–H and O–H groups in total. The van der Waals surface area contributed by atoms with Crippen LogP contribution in [0.25, 0.3) is 22.1 Å². The molecule has 0 aliphatic carbocycles. The monoisotopic (exact) mass is 885 g/mol. The van der Waals surface area contributed by atoms with Gasteiger partial charge in [0.25, 0.3) is 0 Å². The molecule has 2 fully saturated rings. The van der Waals surface area contributed by atoms with E-state index in [0.29, 0.717) is 72.4 Å². The molecule has 2 aromatic carbocycles. The fraction of sp³-hybridized carbons (Fsp3) is 0.500. The van der Waals surface area contributed by atoms with Crippen molar-refractivity contribution in [1.82, 2.24) is 39.1 Å². The third-order valence-corrected chi connectivity index (χ3v) is 10.2. The van der Waals surface area contributed by atoms with Crippen LogP contribution in [0.1, 0.15) is 91.3 Å². The number of imidazole rings is 2. The van der Waals surface area contributed by atoms with Gasteiger partial charge < -0.3 is 24.4 Å². The van der Waals surface area contributed by atoms with Crippen molar-refractivity contribution in [3.8, 4) is 23.7 Å². The summed E-state index contributed by atoms with van der Waals surface area (Å²) >= 11 is 0. The Labute approximate surface area is 374 Å². The predicted molar refractivity (Wildman–Crippen MR) is 241 cm³/mol. The van der Waals surface area contributed by atoms with Crippen molar-refractivity contribution < 1.29 is 39.6 Å². The molecule has 0 spiro atoms. The number of imide groups is 2. The lowest BCUT2D eigenvalue weighted by molar-refractivity contribution is -0.137. The standard InChI is InChI=1S/C25H32N4O6.C20H24N4O4.CH4/c1-25(2,3)35-24(33)27(4)14-8-16-34-15-7-10-17-9-6-11-18-21(17)28(5)23(32)29(18)19-12-13-20(30)26-22(19)31;1-21-11-5-13-28-12-4-7-14-6-3-8-15-18(14)23(2)20(27)24(15)16-9-10-17(25)22-19(16)26;/h6,9,11,19H,8,12-16H2,1-5H3,(H,26,30,31);3,6,8,16,21H,5,9-13H2,1-2H3,(H,22,25,26);1H4/i;;1D. The van der Waals surface area contributed by atoms with Gasteiger partial charge in [-0.2, -0.15) is 0 Å². The number of ether oxygens (including phenoxy) is 3. The number of para-hydroxylation sites is 2. The molecular formula is C46H60N8O10. The predicted octanol–water partition coefficient (Wildman–Crippen LogP) is 2.87. The van der Waals surface area contributed by atoms with Crippen molar-refractivity contribution in [2.75, 3.05) is 53.6 Å². The fourth-order valence-corrected chi connectivity index (χ4v) is 7.23. The topological polar surface area (TPSA) is 206 Å². The highest BCUT2D eigenvalue weighted by Gasteiger charge is 2.33. The van der Waals surface area contributed by atoms with Crippen molar-refractivity contribution in [3.05, 3.63) is 68.5 Å². The number of nitrogens with one attached hydrogen (secondary N) is 3. The number of hydrogen-bond donors (Lipinski definition) is 3. The molecule has 344 valence electrons. The first-order valence-corrected chi connectivity index (χ1v) is 20.8. The second-order valence-electron chi connectivity index (χ2n) is 16.1. The number of amides is 5. The highest BCUT2D eigenvalue weighted by atomic mass is 16.6. The van der Waals surface area contributed by atoms with Crippen LogP contribution in [0.5, 0.6) is 0 Å². The minimum Gasteiger partial charge on any atom is -0.444 e. The van der Waals surface area contributed by atoms with Crippen molar-refractivity contribution in [2.24, 2.45) is 14.1 Å². The molecule has 0 radical (unpaired) electrons. The van der Waals surface area contributed by atoms with E-state index in [9.17, 15) is 33.6 Å². The zero-order chi connectivity index (χ0) is 47.8. The number of benzene rings is 2. The van der Waals surface area contributed by atoms with E-state index in [1.165, 1.54) is 30.6 Å². The summed E-state index contributed by atoms with van der Waals surface area (Å²) in [5.41, 5.74) is 2.66. The average molecular weight is 886 g/mol. The van der Waals surface area contributed by atoms with Gasteiger partial charge in [-0.05, 0) is 84.3 Å². The first-order valence-electron chi connectivity index (χ1n) is 21.8. The van der Waals surface area contributed by atoms with E-state index in [2.05, 4.69) is 39.6 Å². The minimum absolute atomic E-state index is 0.184. The number of carbonyl (C=O) groups excluding carboxylic acids is 5. The van der Waals surface area contributed by atoms with E-state index in [1.54, 1.807) is 45.4 Å². The molecule has 5 amide bonds. The maximum Gasteiger partial charge on any atom is 0.410 e. The SMILES string of the molecule is CN(CCCOCC#Cc1cccc2c1n(C)c(=O)n2C1CCC(=O)NC1=O)C(=O)OC(C)(C)C.CNCCCOCC#Cc1cccc2c1n(C)c(=O)n2C1CCC(=O)NC1=O.[2H]C. The van der Waals surface area contributed by atoms with Crippen molar-refractivity contribution in [2.45, 2.75) is 84.4 Å².